The van der Waals surface area contributed by atoms with Gasteiger partial charge in [0.25, 0.3) is 0 Å². The molecule has 3 N–H and O–H groups in total. The van der Waals surface area contributed by atoms with E-state index in [1.54, 1.807) is 6.92 Å². The Morgan fingerprint density at radius 1 is 0.966 bits per heavy atom. The first-order chi connectivity index (χ1) is 12.3. The Balaban J connectivity index is 0.00000392. The molecule has 0 atom stereocenters. The van der Waals surface area contributed by atoms with Crippen LogP contribution in [0.4, 0.5) is 17.1 Å². The Bertz CT molecular complexity index is 1100. The van der Waals surface area contributed by atoms with Crippen LogP contribution >= 0.6 is 0 Å². The van der Waals surface area contributed by atoms with Gasteiger partial charge in [0.15, 0.2) is 5.75 Å². The molecule has 0 aliphatic carbocycles. The minimum absolute atomic E-state index is 0. The quantitative estimate of drug-likeness (QED) is 0.191. The average molecular weight is 461 g/mol. The fraction of sp³-hybridized carbons (Fsp3) is 0.143. The van der Waals surface area contributed by atoms with Gasteiger partial charge in [0.1, 0.15) is 26.0 Å². The Morgan fingerprint density at radius 3 is 1.86 bits per heavy atom. The monoisotopic (exact) mass is 461 g/mol. The number of aryl methyl sites for hydroxylation is 1. The maximum absolute atomic E-state index is 11.2. The van der Waals surface area contributed by atoms with E-state index in [9.17, 15) is 31.0 Å². The summed E-state index contributed by atoms with van der Waals surface area (Å²) in [4.78, 5) is -2.61. The standard InChI is InChI=1S/C14H15N3O8S2.2Na/c1-7-3-9(15)11(25-2)6-10(7)17-16-8-4-12(26(19,20)21)14(18)13(5-8)27(22,23)24;;/h3-6,18H,15H2,1-2H3,(H,19,20,21)(H,22,23,24);;/q;2*+1/p-2. The van der Waals surface area contributed by atoms with Crippen LogP contribution in [0.25, 0.3) is 0 Å². The molecule has 0 aromatic heterocycles. The van der Waals surface area contributed by atoms with Gasteiger partial charge in [-0.3, -0.25) is 0 Å². The zero-order valence-electron chi connectivity index (χ0n) is 15.9. The van der Waals surface area contributed by atoms with Gasteiger partial charge in [-0.1, -0.05) is 0 Å². The Morgan fingerprint density at radius 2 is 1.45 bits per heavy atom. The van der Waals surface area contributed by atoms with Crippen molar-refractivity contribution >= 4 is 37.3 Å². The van der Waals surface area contributed by atoms with Crippen LogP contribution in [-0.2, 0) is 20.2 Å². The Kier molecular flexibility index (Phi) is 10.3. The minimum atomic E-state index is -5.29. The number of ether oxygens (including phenoxy) is 1. The number of methoxy groups -OCH3 is 1. The summed E-state index contributed by atoms with van der Waals surface area (Å²) in [7, 11) is -9.20. The molecule has 15 heteroatoms. The first-order valence-corrected chi connectivity index (χ1v) is 9.81. The predicted octanol–water partition coefficient (Wildman–Crippen LogP) is -4.48. The maximum Gasteiger partial charge on any atom is 1.00 e. The Labute approximate surface area is 211 Å². The van der Waals surface area contributed by atoms with Gasteiger partial charge in [0.05, 0.1) is 34.0 Å². The van der Waals surface area contributed by atoms with Crippen LogP contribution in [0.5, 0.6) is 11.5 Å². The molecular formula is C14H13N3Na2O8S2. The molecule has 29 heavy (non-hydrogen) atoms. The van der Waals surface area contributed by atoms with E-state index in [0.717, 1.165) is 0 Å². The number of nitrogen functional groups attached to an aromatic ring is 1. The smallest absolute Gasteiger partial charge is 0.744 e. The number of rotatable bonds is 5. The third-order valence-corrected chi connectivity index (χ3v) is 5.08. The number of aromatic hydroxyl groups is 1. The van der Waals surface area contributed by atoms with E-state index in [2.05, 4.69) is 10.2 Å². The molecular weight excluding hydrogens is 448 g/mol. The van der Waals surface area contributed by atoms with E-state index >= 15 is 0 Å². The molecule has 0 heterocycles. The van der Waals surface area contributed by atoms with E-state index in [0.29, 0.717) is 23.4 Å². The second kappa shape index (κ2) is 10.5. The molecule has 0 bridgehead atoms. The van der Waals surface area contributed by atoms with Crippen LogP contribution in [-0.4, -0.2) is 38.2 Å². The molecule has 0 amide bonds. The first-order valence-electron chi connectivity index (χ1n) is 6.99. The van der Waals surface area contributed by atoms with Crippen LogP contribution in [0.1, 0.15) is 5.56 Å². The average Bonchev–Trinajstić information content (AvgIpc) is 2.53. The third kappa shape index (κ3) is 6.89. The number of anilines is 1. The molecule has 11 nitrogen and oxygen atoms in total. The molecule has 2 rings (SSSR count). The van der Waals surface area contributed by atoms with E-state index in [4.69, 9.17) is 10.5 Å². The molecule has 0 unspecified atom stereocenters. The van der Waals surface area contributed by atoms with Gasteiger partial charge in [-0.2, -0.15) is 10.2 Å². The van der Waals surface area contributed by atoms with Crippen LogP contribution in [0.2, 0.25) is 0 Å². The fourth-order valence-electron chi connectivity index (χ4n) is 2.10. The van der Waals surface area contributed by atoms with E-state index < -0.39 is 41.5 Å². The second-order valence-corrected chi connectivity index (χ2v) is 7.98. The van der Waals surface area contributed by atoms with Gasteiger partial charge in [0.2, 0.25) is 0 Å². The minimum Gasteiger partial charge on any atom is -0.744 e. The number of nitrogens with zero attached hydrogens (tertiary/aromatic N) is 2. The summed E-state index contributed by atoms with van der Waals surface area (Å²) >= 11 is 0. The number of benzene rings is 2. The summed E-state index contributed by atoms with van der Waals surface area (Å²) in [5, 5.41) is 17.1. The molecule has 0 spiro atoms. The van der Waals surface area contributed by atoms with Crippen molar-refractivity contribution in [3.05, 3.63) is 29.8 Å². The number of azo groups is 1. The van der Waals surface area contributed by atoms with Crippen molar-refractivity contribution in [2.45, 2.75) is 16.7 Å². The van der Waals surface area contributed by atoms with Gasteiger partial charge in [-0.15, -0.1) is 0 Å². The number of nitrogens with two attached hydrogens (primary N) is 1. The molecule has 2 aromatic rings. The molecule has 0 saturated carbocycles. The number of hydrogen-bond donors (Lipinski definition) is 2. The second-order valence-electron chi connectivity index (χ2n) is 5.28. The van der Waals surface area contributed by atoms with Crippen molar-refractivity contribution in [2.24, 2.45) is 10.2 Å². The SMILES string of the molecule is COc1cc(N=Nc2cc(S(=O)(=O)[O-])c(O)c(S(=O)(=O)[O-])c2)c(C)cc1N.[Na+].[Na+]. The van der Waals surface area contributed by atoms with Gasteiger partial charge in [-0.25, -0.2) is 16.8 Å². The molecule has 2 aromatic carbocycles. The van der Waals surface area contributed by atoms with Crippen molar-refractivity contribution in [3.63, 3.8) is 0 Å². The third-order valence-electron chi connectivity index (χ3n) is 3.38. The number of hydrogen-bond acceptors (Lipinski definition) is 11. The van der Waals surface area contributed by atoms with Gasteiger partial charge < -0.3 is 24.7 Å². The van der Waals surface area contributed by atoms with Crippen LogP contribution in [0.3, 0.4) is 0 Å². The summed E-state index contributed by atoms with van der Waals surface area (Å²) in [6.07, 6.45) is 0. The largest absolute Gasteiger partial charge is 1.00 e. The van der Waals surface area contributed by atoms with Gasteiger partial charge >= 0.3 is 59.1 Å². The molecule has 0 aliphatic rings. The van der Waals surface area contributed by atoms with Crippen molar-refractivity contribution in [1.82, 2.24) is 0 Å². The summed E-state index contributed by atoms with van der Waals surface area (Å²) < 4.78 is 72.4. The van der Waals surface area contributed by atoms with Gasteiger partial charge in [0, 0.05) is 6.07 Å². The van der Waals surface area contributed by atoms with Crippen molar-refractivity contribution in [1.29, 1.82) is 0 Å². The summed E-state index contributed by atoms with van der Waals surface area (Å²) in [6, 6.07) is 4.15. The molecule has 0 saturated heterocycles. The summed E-state index contributed by atoms with van der Waals surface area (Å²) in [5.74, 6) is -1.19. The van der Waals surface area contributed by atoms with Crippen LogP contribution < -0.4 is 69.6 Å². The number of phenols is 1. The van der Waals surface area contributed by atoms with Crippen molar-refractivity contribution in [2.75, 3.05) is 12.8 Å². The van der Waals surface area contributed by atoms with Gasteiger partial charge in [-0.05, 0) is 30.7 Å². The fourth-order valence-corrected chi connectivity index (χ4v) is 3.39. The molecule has 146 valence electrons. The Hall–Kier alpha value is -0.740. The zero-order chi connectivity index (χ0) is 20.6. The topological polar surface area (TPSA) is 195 Å². The molecule has 0 fully saturated rings. The molecule has 0 radical (unpaired) electrons. The van der Waals surface area contributed by atoms with E-state index in [-0.39, 0.29) is 70.6 Å². The normalized spacial score (nSPS) is 11.6. The van der Waals surface area contributed by atoms with Crippen molar-refractivity contribution < 1.29 is 94.9 Å². The zero-order valence-corrected chi connectivity index (χ0v) is 21.5. The van der Waals surface area contributed by atoms with E-state index in [1.165, 1.54) is 19.2 Å². The van der Waals surface area contributed by atoms with E-state index in [1.807, 2.05) is 0 Å². The summed E-state index contributed by atoms with van der Waals surface area (Å²) in [5.41, 5.74) is 6.41. The first kappa shape index (κ1) is 28.3. The van der Waals surface area contributed by atoms with Crippen LogP contribution in [0, 0.1) is 6.92 Å². The van der Waals surface area contributed by atoms with Crippen LogP contribution in [0.15, 0.2) is 44.3 Å². The maximum atomic E-state index is 11.2. The molecule has 0 aliphatic heterocycles. The van der Waals surface area contributed by atoms with Crippen molar-refractivity contribution in [3.8, 4) is 11.5 Å². The number of phenolic OH excluding ortho intramolecular Hbond substituents is 1. The predicted molar refractivity (Wildman–Crippen MR) is 90.4 cm³/mol. The summed E-state index contributed by atoms with van der Waals surface area (Å²) in [6.45, 7) is 1.64.